The summed E-state index contributed by atoms with van der Waals surface area (Å²) >= 11 is 6.59. The maximum atomic E-state index is 11.9. The molecule has 0 aliphatic carbocycles. The molecule has 0 radical (unpaired) electrons. The molecular weight excluding hydrogens is 360 g/mol. The molecular formula is C14H15ClN2O4S2. The minimum absolute atomic E-state index is 0.0123. The van der Waals surface area contributed by atoms with E-state index in [1.807, 2.05) is 30.8 Å². The van der Waals surface area contributed by atoms with E-state index in [1.54, 1.807) is 6.07 Å². The van der Waals surface area contributed by atoms with Crippen molar-refractivity contribution in [1.29, 1.82) is 0 Å². The number of aryl methyl sites for hydroxylation is 2. The predicted molar refractivity (Wildman–Crippen MR) is 89.2 cm³/mol. The molecule has 0 atom stereocenters. The van der Waals surface area contributed by atoms with E-state index in [2.05, 4.69) is 5.43 Å². The molecule has 0 fully saturated rings. The zero-order valence-electron chi connectivity index (χ0n) is 12.4. The van der Waals surface area contributed by atoms with Crippen molar-refractivity contribution >= 4 is 38.9 Å². The first-order valence-corrected chi connectivity index (χ1v) is 9.22. The van der Waals surface area contributed by atoms with Crippen molar-refractivity contribution in [2.24, 2.45) is 0 Å². The topological polar surface area (TPSA) is 84.5 Å². The Hall–Kier alpha value is -1.61. The Morgan fingerprint density at radius 1 is 1.26 bits per heavy atom. The van der Waals surface area contributed by atoms with E-state index in [-0.39, 0.29) is 10.8 Å². The molecule has 0 bridgehead atoms. The lowest BCUT2D eigenvalue weighted by molar-refractivity contribution is -0.123. The molecule has 2 aromatic rings. The maximum Gasteiger partial charge on any atom is 0.272 e. The number of sulfonamides is 1. The van der Waals surface area contributed by atoms with E-state index in [0.29, 0.717) is 10.1 Å². The van der Waals surface area contributed by atoms with Crippen molar-refractivity contribution < 1.29 is 17.9 Å². The molecule has 0 saturated heterocycles. The number of nitrogens with one attached hydrogen (secondary N) is 2. The molecule has 2 rings (SSSR count). The number of carbonyl (C=O) groups excluding carboxylic acids is 1. The summed E-state index contributed by atoms with van der Waals surface area (Å²) in [5, 5.41) is 0. The number of rotatable bonds is 6. The second kappa shape index (κ2) is 7.31. The summed E-state index contributed by atoms with van der Waals surface area (Å²) < 4.78 is 29.6. The van der Waals surface area contributed by atoms with Crippen LogP contribution in [0.2, 0.25) is 4.34 Å². The van der Waals surface area contributed by atoms with Crippen LogP contribution in [0.25, 0.3) is 0 Å². The fourth-order valence-electron chi connectivity index (χ4n) is 1.66. The number of halogens is 1. The van der Waals surface area contributed by atoms with Gasteiger partial charge in [0.1, 0.15) is 9.96 Å². The fraction of sp³-hybridized carbons (Fsp3) is 0.214. The highest BCUT2D eigenvalue weighted by atomic mass is 35.5. The summed E-state index contributed by atoms with van der Waals surface area (Å²) in [5.74, 6) is -0.0369. The highest BCUT2D eigenvalue weighted by Gasteiger charge is 2.17. The second-order valence-electron chi connectivity index (χ2n) is 4.77. The van der Waals surface area contributed by atoms with Gasteiger partial charge in [0.15, 0.2) is 6.61 Å². The van der Waals surface area contributed by atoms with Gasteiger partial charge < -0.3 is 4.74 Å². The number of ether oxygens (including phenoxy) is 1. The lowest BCUT2D eigenvalue weighted by atomic mass is 10.1. The predicted octanol–water partition coefficient (Wildman–Crippen LogP) is 2.41. The van der Waals surface area contributed by atoms with E-state index in [0.717, 1.165) is 22.5 Å². The first-order chi connectivity index (χ1) is 10.8. The molecule has 6 nitrogen and oxygen atoms in total. The van der Waals surface area contributed by atoms with Gasteiger partial charge in [-0.15, -0.1) is 16.2 Å². The Morgan fingerprint density at radius 3 is 2.65 bits per heavy atom. The van der Waals surface area contributed by atoms with Gasteiger partial charge in [-0.3, -0.25) is 10.2 Å². The Kier molecular flexibility index (Phi) is 5.64. The molecule has 1 aromatic carbocycles. The van der Waals surface area contributed by atoms with Crippen molar-refractivity contribution in [3.8, 4) is 5.75 Å². The van der Waals surface area contributed by atoms with Crippen molar-refractivity contribution in [2.75, 3.05) is 6.61 Å². The average molecular weight is 375 g/mol. The lowest BCUT2D eigenvalue weighted by Gasteiger charge is -2.10. The average Bonchev–Trinajstić information content (AvgIpc) is 2.93. The van der Waals surface area contributed by atoms with Gasteiger partial charge in [0.2, 0.25) is 0 Å². The molecule has 0 spiro atoms. The second-order valence-corrected chi connectivity index (χ2v) is 8.39. The standard InChI is InChI=1S/C14H15ClN2O4S2/c1-9-3-4-10(2)11(7-9)21-8-13(18)16-17-23(19,20)14-6-5-12(15)22-14/h3-7,17H,8H2,1-2H3,(H,16,18). The molecule has 2 N–H and O–H groups in total. The van der Waals surface area contributed by atoms with E-state index < -0.39 is 15.9 Å². The fourth-order valence-corrected chi connectivity index (χ4v) is 4.00. The van der Waals surface area contributed by atoms with Gasteiger partial charge in [-0.2, -0.15) is 0 Å². The number of hydrazine groups is 1. The van der Waals surface area contributed by atoms with Crippen molar-refractivity contribution in [3.05, 3.63) is 45.8 Å². The summed E-state index contributed by atoms with van der Waals surface area (Å²) in [4.78, 5) is 13.7. The Balaban J connectivity index is 1.89. The number of thiophene rings is 1. The summed E-state index contributed by atoms with van der Waals surface area (Å²) in [6.45, 7) is 3.46. The number of hydrogen-bond donors (Lipinski definition) is 2. The smallest absolute Gasteiger partial charge is 0.272 e. The molecule has 0 unspecified atom stereocenters. The van der Waals surface area contributed by atoms with Crippen LogP contribution in [0.15, 0.2) is 34.5 Å². The highest BCUT2D eigenvalue weighted by molar-refractivity contribution is 7.91. The zero-order valence-corrected chi connectivity index (χ0v) is 14.8. The largest absolute Gasteiger partial charge is 0.483 e. The van der Waals surface area contributed by atoms with Gasteiger partial charge in [-0.1, -0.05) is 23.7 Å². The molecule has 23 heavy (non-hydrogen) atoms. The van der Waals surface area contributed by atoms with Crippen LogP contribution in [0.1, 0.15) is 11.1 Å². The molecule has 9 heteroatoms. The van der Waals surface area contributed by atoms with Crippen LogP contribution in [0, 0.1) is 13.8 Å². The van der Waals surface area contributed by atoms with Crippen LogP contribution in [0.3, 0.4) is 0 Å². The molecule has 124 valence electrons. The zero-order chi connectivity index (χ0) is 17.0. The summed E-state index contributed by atoms with van der Waals surface area (Å²) in [7, 11) is -3.84. The van der Waals surface area contributed by atoms with Crippen LogP contribution < -0.4 is 15.0 Å². The number of amides is 1. The van der Waals surface area contributed by atoms with Crippen molar-refractivity contribution in [2.45, 2.75) is 18.1 Å². The Morgan fingerprint density at radius 2 is 2.00 bits per heavy atom. The van der Waals surface area contributed by atoms with Crippen LogP contribution in [0.4, 0.5) is 0 Å². The number of carbonyl (C=O) groups is 1. The minimum atomic E-state index is -3.84. The van der Waals surface area contributed by atoms with Crippen LogP contribution in [-0.2, 0) is 14.8 Å². The van der Waals surface area contributed by atoms with E-state index in [9.17, 15) is 13.2 Å². The van der Waals surface area contributed by atoms with Gasteiger partial charge in [0, 0.05) is 0 Å². The summed E-state index contributed by atoms with van der Waals surface area (Å²) in [5.41, 5.74) is 3.98. The van der Waals surface area contributed by atoms with Crippen LogP contribution >= 0.6 is 22.9 Å². The quantitative estimate of drug-likeness (QED) is 0.760. The van der Waals surface area contributed by atoms with E-state index >= 15 is 0 Å². The molecule has 1 heterocycles. The molecule has 1 amide bonds. The summed E-state index contributed by atoms with van der Waals surface area (Å²) in [6, 6.07) is 8.44. The maximum absolute atomic E-state index is 11.9. The lowest BCUT2D eigenvalue weighted by Crippen LogP contribution is -2.43. The van der Waals surface area contributed by atoms with Gasteiger partial charge >= 0.3 is 0 Å². The number of hydrogen-bond acceptors (Lipinski definition) is 5. The van der Waals surface area contributed by atoms with E-state index in [1.165, 1.54) is 12.1 Å². The normalized spacial score (nSPS) is 11.3. The van der Waals surface area contributed by atoms with Gasteiger partial charge in [-0.05, 0) is 43.2 Å². The number of benzene rings is 1. The summed E-state index contributed by atoms with van der Waals surface area (Å²) in [6.07, 6.45) is 0. The van der Waals surface area contributed by atoms with Crippen molar-refractivity contribution in [3.63, 3.8) is 0 Å². The molecule has 0 aliphatic rings. The van der Waals surface area contributed by atoms with Crippen LogP contribution in [-0.4, -0.2) is 20.9 Å². The first-order valence-electron chi connectivity index (χ1n) is 6.54. The SMILES string of the molecule is Cc1ccc(C)c(OCC(=O)NNS(=O)(=O)c2ccc(Cl)s2)c1. The minimum Gasteiger partial charge on any atom is -0.483 e. The van der Waals surface area contributed by atoms with Gasteiger partial charge in [-0.25, -0.2) is 8.42 Å². The third kappa shape index (κ3) is 4.93. The van der Waals surface area contributed by atoms with E-state index in [4.69, 9.17) is 16.3 Å². The first kappa shape index (κ1) is 17.7. The monoisotopic (exact) mass is 374 g/mol. The molecule has 1 aromatic heterocycles. The third-order valence-corrected chi connectivity index (χ3v) is 5.81. The van der Waals surface area contributed by atoms with Crippen LogP contribution in [0.5, 0.6) is 5.75 Å². The van der Waals surface area contributed by atoms with Crippen molar-refractivity contribution in [1.82, 2.24) is 10.3 Å². The van der Waals surface area contributed by atoms with Gasteiger partial charge in [0.25, 0.3) is 15.9 Å². The molecule has 0 aliphatic heterocycles. The van der Waals surface area contributed by atoms with Gasteiger partial charge in [0.05, 0.1) is 4.34 Å². The Labute approximate surface area is 143 Å². The highest BCUT2D eigenvalue weighted by Crippen LogP contribution is 2.25. The molecule has 0 saturated carbocycles. The third-order valence-electron chi connectivity index (χ3n) is 2.84. The Bertz CT molecular complexity index is 818.